The summed E-state index contributed by atoms with van der Waals surface area (Å²) < 4.78 is 1.79. The first-order valence-corrected chi connectivity index (χ1v) is 9.62. The van der Waals surface area contributed by atoms with Gasteiger partial charge in [-0.1, -0.05) is 54.6 Å². The van der Waals surface area contributed by atoms with Gasteiger partial charge in [0.05, 0.1) is 0 Å². The summed E-state index contributed by atoms with van der Waals surface area (Å²) in [6.07, 6.45) is 0. The van der Waals surface area contributed by atoms with Crippen molar-refractivity contribution < 1.29 is 0 Å². The van der Waals surface area contributed by atoms with Gasteiger partial charge < -0.3 is 16.4 Å². The van der Waals surface area contributed by atoms with E-state index in [1.54, 1.807) is 4.52 Å². The van der Waals surface area contributed by atoms with Crippen LogP contribution in [-0.4, -0.2) is 33.9 Å². The Kier molecular flexibility index (Phi) is 5.54. The molecule has 0 amide bonds. The Hall–Kier alpha value is -3.97. The zero-order valence-electron chi connectivity index (χ0n) is 16.9. The van der Waals surface area contributed by atoms with Crippen LogP contribution in [0.5, 0.6) is 0 Å². The maximum absolute atomic E-state index is 5.79. The Balaban J connectivity index is 0.000000687. The van der Waals surface area contributed by atoms with Crippen LogP contribution in [0.3, 0.4) is 0 Å². The molecule has 3 aromatic carbocycles. The molecule has 0 radical (unpaired) electrons. The molecule has 7 heteroatoms. The quantitative estimate of drug-likeness (QED) is 0.397. The third kappa shape index (κ3) is 3.78. The molecule has 0 unspecified atom stereocenters. The Labute approximate surface area is 174 Å². The molecule has 0 aliphatic heterocycles. The summed E-state index contributed by atoms with van der Waals surface area (Å²) in [7, 11) is 3.75. The van der Waals surface area contributed by atoms with Gasteiger partial charge in [0.25, 0.3) is 0 Å². The molecule has 0 atom stereocenters. The van der Waals surface area contributed by atoms with Gasteiger partial charge in [-0.3, -0.25) is 0 Å². The first-order valence-electron chi connectivity index (χ1n) is 9.62. The van der Waals surface area contributed by atoms with E-state index in [0.717, 1.165) is 39.2 Å². The molecule has 5 aromatic rings. The first kappa shape index (κ1) is 19.4. The van der Waals surface area contributed by atoms with Crippen molar-refractivity contribution in [3.63, 3.8) is 0 Å². The number of nitrogens with two attached hydrogens (primary N) is 1. The molecule has 2 aromatic heterocycles. The maximum Gasteiger partial charge on any atom is 0.186 e. The number of anilines is 3. The van der Waals surface area contributed by atoms with E-state index in [1.165, 1.54) is 0 Å². The predicted octanol–water partition coefficient (Wildman–Crippen LogP) is 4.11. The van der Waals surface area contributed by atoms with E-state index in [2.05, 4.69) is 20.8 Å². The molecule has 0 spiro atoms. The molecular formula is C23H23N7. The standard InChI is InChI=1S/C21H16N6.C2H7N/c22-15-10-12-16(13-11-15)23-19-17-8-4-5-9-18(17)21-25-24-20(27(21)26-19)14-6-2-1-3-7-14;1-3-2/h1-13H,22H2,(H,23,26);3H,1-2H3. The lowest BCUT2D eigenvalue weighted by Crippen LogP contribution is -2.02. The van der Waals surface area contributed by atoms with Crippen molar-refractivity contribution in [2.45, 2.75) is 0 Å². The molecule has 2 heterocycles. The second kappa shape index (κ2) is 8.59. The Morgan fingerprint density at radius 3 is 2.10 bits per heavy atom. The van der Waals surface area contributed by atoms with Gasteiger partial charge in [-0.2, -0.15) is 4.52 Å². The topological polar surface area (TPSA) is 93.2 Å². The van der Waals surface area contributed by atoms with Gasteiger partial charge in [0.2, 0.25) is 0 Å². The van der Waals surface area contributed by atoms with Crippen LogP contribution in [0, 0.1) is 0 Å². The lowest BCUT2D eigenvalue weighted by molar-refractivity contribution is 0.951. The summed E-state index contributed by atoms with van der Waals surface area (Å²) in [5.41, 5.74) is 9.12. The highest BCUT2D eigenvalue weighted by molar-refractivity contribution is 6.01. The third-order valence-electron chi connectivity index (χ3n) is 4.47. The van der Waals surface area contributed by atoms with Gasteiger partial charge in [-0.25, -0.2) is 0 Å². The molecule has 0 bridgehead atoms. The van der Waals surface area contributed by atoms with Gasteiger partial charge in [0.1, 0.15) is 0 Å². The van der Waals surface area contributed by atoms with Gasteiger partial charge in [-0.05, 0) is 38.4 Å². The van der Waals surface area contributed by atoms with E-state index in [0.29, 0.717) is 5.82 Å². The maximum atomic E-state index is 5.79. The monoisotopic (exact) mass is 397 g/mol. The molecule has 0 aliphatic rings. The molecule has 0 fully saturated rings. The minimum atomic E-state index is 0.705. The molecule has 30 heavy (non-hydrogen) atoms. The number of hydrogen-bond acceptors (Lipinski definition) is 6. The fourth-order valence-electron chi connectivity index (χ4n) is 3.14. The highest BCUT2D eigenvalue weighted by Crippen LogP contribution is 2.29. The van der Waals surface area contributed by atoms with Crippen LogP contribution in [0.2, 0.25) is 0 Å². The first-order chi connectivity index (χ1) is 14.7. The number of hydrogen-bond donors (Lipinski definition) is 3. The zero-order valence-corrected chi connectivity index (χ0v) is 16.9. The zero-order chi connectivity index (χ0) is 20.9. The van der Waals surface area contributed by atoms with E-state index in [9.17, 15) is 0 Å². The second-order valence-electron chi connectivity index (χ2n) is 6.77. The second-order valence-corrected chi connectivity index (χ2v) is 6.77. The van der Waals surface area contributed by atoms with E-state index in [4.69, 9.17) is 10.8 Å². The van der Waals surface area contributed by atoms with Crippen molar-refractivity contribution >= 4 is 33.6 Å². The summed E-state index contributed by atoms with van der Waals surface area (Å²) in [4.78, 5) is 0. The number of nitrogens with zero attached hydrogens (tertiary/aromatic N) is 4. The van der Waals surface area contributed by atoms with Crippen LogP contribution in [0.25, 0.3) is 27.8 Å². The number of benzene rings is 3. The highest BCUT2D eigenvalue weighted by atomic mass is 15.4. The van der Waals surface area contributed by atoms with Gasteiger partial charge in [0, 0.05) is 27.7 Å². The molecule has 150 valence electrons. The number of rotatable bonds is 3. The normalized spacial score (nSPS) is 10.6. The molecular weight excluding hydrogens is 374 g/mol. The average Bonchev–Trinajstić information content (AvgIpc) is 3.21. The van der Waals surface area contributed by atoms with Crippen LogP contribution in [0.4, 0.5) is 17.2 Å². The predicted molar refractivity (Wildman–Crippen MR) is 123 cm³/mol. The van der Waals surface area contributed by atoms with Crippen molar-refractivity contribution in [2.24, 2.45) is 0 Å². The number of aromatic nitrogens is 4. The molecule has 4 N–H and O–H groups in total. The van der Waals surface area contributed by atoms with Crippen molar-refractivity contribution in [3.05, 3.63) is 78.9 Å². The Morgan fingerprint density at radius 2 is 1.40 bits per heavy atom. The van der Waals surface area contributed by atoms with E-state index in [1.807, 2.05) is 93.0 Å². The summed E-state index contributed by atoms with van der Waals surface area (Å²) in [6, 6.07) is 25.5. The molecule has 7 nitrogen and oxygen atoms in total. The lowest BCUT2D eigenvalue weighted by Gasteiger charge is -2.11. The number of nitrogens with one attached hydrogen (secondary N) is 2. The van der Waals surface area contributed by atoms with E-state index in [-0.39, 0.29) is 0 Å². The molecule has 0 saturated heterocycles. The minimum Gasteiger partial charge on any atom is -0.399 e. The SMILES string of the molecule is CNC.Nc1ccc(Nc2nn3c(-c4ccccc4)nnc3c3ccccc23)cc1. The van der Waals surface area contributed by atoms with Crippen LogP contribution in [0.15, 0.2) is 78.9 Å². The summed E-state index contributed by atoms with van der Waals surface area (Å²) in [6.45, 7) is 0. The highest BCUT2D eigenvalue weighted by Gasteiger charge is 2.15. The lowest BCUT2D eigenvalue weighted by atomic mass is 10.1. The van der Waals surface area contributed by atoms with Gasteiger partial charge in [0.15, 0.2) is 17.3 Å². The molecule has 0 aliphatic carbocycles. The van der Waals surface area contributed by atoms with Crippen molar-refractivity contribution in [1.82, 2.24) is 25.1 Å². The van der Waals surface area contributed by atoms with Crippen LogP contribution in [-0.2, 0) is 0 Å². The minimum absolute atomic E-state index is 0.705. The van der Waals surface area contributed by atoms with Crippen molar-refractivity contribution in [1.29, 1.82) is 0 Å². The Morgan fingerprint density at radius 1 is 0.767 bits per heavy atom. The fourth-order valence-corrected chi connectivity index (χ4v) is 3.14. The van der Waals surface area contributed by atoms with Crippen molar-refractivity contribution in [2.75, 3.05) is 25.1 Å². The average molecular weight is 397 g/mol. The summed E-state index contributed by atoms with van der Waals surface area (Å²) >= 11 is 0. The molecule has 0 saturated carbocycles. The fraction of sp³-hybridized carbons (Fsp3) is 0.0870. The summed E-state index contributed by atoms with van der Waals surface area (Å²) in [5.74, 6) is 1.44. The Bertz CT molecular complexity index is 1260. The van der Waals surface area contributed by atoms with Gasteiger partial charge >= 0.3 is 0 Å². The van der Waals surface area contributed by atoms with Crippen LogP contribution in [0.1, 0.15) is 0 Å². The van der Waals surface area contributed by atoms with Crippen LogP contribution >= 0.6 is 0 Å². The number of fused-ring (bicyclic) bond motifs is 3. The number of nitrogen functional groups attached to an aromatic ring is 1. The van der Waals surface area contributed by atoms with E-state index >= 15 is 0 Å². The largest absolute Gasteiger partial charge is 0.399 e. The van der Waals surface area contributed by atoms with Gasteiger partial charge in [-0.15, -0.1) is 15.3 Å². The summed E-state index contributed by atoms with van der Waals surface area (Å²) in [5, 5.41) is 21.7. The van der Waals surface area contributed by atoms with E-state index < -0.39 is 0 Å². The third-order valence-corrected chi connectivity index (χ3v) is 4.47. The van der Waals surface area contributed by atoms with Crippen LogP contribution < -0.4 is 16.4 Å². The molecule has 5 rings (SSSR count). The smallest absolute Gasteiger partial charge is 0.186 e. The van der Waals surface area contributed by atoms with Crippen molar-refractivity contribution in [3.8, 4) is 11.4 Å².